The molecule has 8 heteroatoms. The molecule has 4 aromatic rings. The Bertz CT molecular complexity index is 1300. The van der Waals surface area contributed by atoms with E-state index in [0.717, 1.165) is 5.56 Å². The van der Waals surface area contributed by atoms with Gasteiger partial charge in [-0.1, -0.05) is 12.1 Å². The normalized spacial score (nSPS) is 15.8. The van der Waals surface area contributed by atoms with Crippen molar-refractivity contribution in [3.8, 4) is 23.0 Å². The number of hydrogen-bond acceptors (Lipinski definition) is 7. The third-order valence-electron chi connectivity index (χ3n) is 5.15. The van der Waals surface area contributed by atoms with Gasteiger partial charge in [0.2, 0.25) is 5.88 Å². The Balaban J connectivity index is 1.78. The number of Topliss-reactive ketones (excluding diaryl/α,β-unsaturated/α-hetero) is 1. The molecule has 0 saturated carbocycles. The fraction of sp³-hybridized carbons (Fsp3) is 0.182. The van der Waals surface area contributed by atoms with Crippen molar-refractivity contribution in [3.05, 3.63) is 71.6 Å². The lowest BCUT2D eigenvalue weighted by Crippen LogP contribution is -2.21. The summed E-state index contributed by atoms with van der Waals surface area (Å²) in [7, 11) is 1.60. The van der Waals surface area contributed by atoms with Crippen LogP contribution in [-0.2, 0) is 4.79 Å². The highest BCUT2D eigenvalue weighted by Crippen LogP contribution is 2.44. The first-order valence-electron chi connectivity index (χ1n) is 9.40. The summed E-state index contributed by atoms with van der Waals surface area (Å²) in [6.45, 7) is 3.27. The van der Waals surface area contributed by atoms with Gasteiger partial charge in [-0.2, -0.15) is 0 Å². The summed E-state index contributed by atoms with van der Waals surface area (Å²) < 4.78 is 18.6. The molecule has 4 heterocycles. The molecular formula is C22H18N4O4. The van der Waals surface area contributed by atoms with E-state index in [-0.39, 0.29) is 5.78 Å². The summed E-state index contributed by atoms with van der Waals surface area (Å²) in [6.07, 6.45) is 3.13. The van der Waals surface area contributed by atoms with Gasteiger partial charge in [-0.05, 0) is 38.1 Å². The van der Waals surface area contributed by atoms with Crippen LogP contribution in [0.3, 0.4) is 0 Å². The maximum Gasteiger partial charge on any atom is 0.228 e. The molecule has 0 bridgehead atoms. The monoisotopic (exact) mass is 402 g/mol. The van der Waals surface area contributed by atoms with E-state index in [0.29, 0.717) is 45.8 Å². The Hall–Kier alpha value is -3.94. The van der Waals surface area contributed by atoms with Gasteiger partial charge in [0.25, 0.3) is 0 Å². The highest BCUT2D eigenvalue weighted by molar-refractivity contribution is 5.97. The SMILES string of the molecule is COc1ccccc1-c1nc2c3c(ncn2n1)OC(C)=C(C(C)=O)[C@H]3c1ccco1. The molecule has 5 rings (SSSR count). The quantitative estimate of drug-likeness (QED) is 0.513. The molecule has 8 nitrogen and oxygen atoms in total. The molecule has 1 atom stereocenters. The van der Waals surface area contributed by atoms with Crippen LogP contribution in [0.2, 0.25) is 0 Å². The minimum Gasteiger partial charge on any atom is -0.496 e. The molecule has 0 radical (unpaired) electrons. The Kier molecular flexibility index (Phi) is 4.13. The second-order valence-corrected chi connectivity index (χ2v) is 6.94. The number of furan rings is 1. The first-order chi connectivity index (χ1) is 14.6. The van der Waals surface area contributed by atoms with Crippen molar-refractivity contribution in [2.24, 2.45) is 0 Å². The van der Waals surface area contributed by atoms with Gasteiger partial charge >= 0.3 is 0 Å². The number of allylic oxidation sites excluding steroid dienone is 2. The van der Waals surface area contributed by atoms with E-state index in [9.17, 15) is 4.79 Å². The van der Waals surface area contributed by atoms with Crippen molar-refractivity contribution in [1.82, 2.24) is 19.6 Å². The minimum absolute atomic E-state index is 0.106. The van der Waals surface area contributed by atoms with Crippen LogP contribution >= 0.6 is 0 Å². The van der Waals surface area contributed by atoms with E-state index in [2.05, 4.69) is 10.1 Å². The smallest absolute Gasteiger partial charge is 0.228 e. The lowest BCUT2D eigenvalue weighted by molar-refractivity contribution is -0.114. The van der Waals surface area contributed by atoms with Crippen LogP contribution in [0.25, 0.3) is 17.0 Å². The molecule has 0 aliphatic carbocycles. The Morgan fingerprint density at radius 2 is 2.03 bits per heavy atom. The first-order valence-corrected chi connectivity index (χ1v) is 9.40. The average Bonchev–Trinajstić information content (AvgIpc) is 3.42. The number of rotatable bonds is 4. The van der Waals surface area contributed by atoms with Gasteiger partial charge in [-0.3, -0.25) is 4.79 Å². The van der Waals surface area contributed by atoms with E-state index in [1.165, 1.54) is 6.92 Å². The molecule has 0 N–H and O–H groups in total. The number of ketones is 1. The molecule has 0 spiro atoms. The number of para-hydroxylation sites is 1. The number of methoxy groups -OCH3 is 1. The maximum atomic E-state index is 12.5. The minimum atomic E-state index is -0.493. The fourth-order valence-corrected chi connectivity index (χ4v) is 3.88. The highest BCUT2D eigenvalue weighted by Gasteiger charge is 2.37. The molecule has 0 saturated heterocycles. The largest absolute Gasteiger partial charge is 0.496 e. The van der Waals surface area contributed by atoms with Crippen LogP contribution in [0.15, 0.2) is 64.7 Å². The van der Waals surface area contributed by atoms with Crippen molar-refractivity contribution in [3.63, 3.8) is 0 Å². The number of fused-ring (bicyclic) bond motifs is 3. The summed E-state index contributed by atoms with van der Waals surface area (Å²) in [6, 6.07) is 11.1. The van der Waals surface area contributed by atoms with Crippen LogP contribution in [0.1, 0.15) is 31.1 Å². The number of carbonyl (C=O) groups excluding carboxylic acids is 1. The second kappa shape index (κ2) is 6.84. The summed E-state index contributed by atoms with van der Waals surface area (Å²) in [5, 5.41) is 4.58. The van der Waals surface area contributed by atoms with Crippen LogP contribution < -0.4 is 9.47 Å². The highest BCUT2D eigenvalue weighted by atomic mass is 16.5. The molecule has 150 valence electrons. The molecule has 0 fully saturated rings. The molecule has 1 aliphatic rings. The van der Waals surface area contributed by atoms with Gasteiger partial charge < -0.3 is 13.9 Å². The van der Waals surface area contributed by atoms with Crippen LogP contribution in [0.5, 0.6) is 11.6 Å². The summed E-state index contributed by atoms with van der Waals surface area (Å²) in [5.74, 6) is 2.04. The average molecular weight is 402 g/mol. The van der Waals surface area contributed by atoms with Gasteiger partial charge in [0.05, 0.1) is 30.4 Å². The Labute approximate surface area is 171 Å². The van der Waals surface area contributed by atoms with Gasteiger partial charge in [-0.15, -0.1) is 5.10 Å². The summed E-state index contributed by atoms with van der Waals surface area (Å²) >= 11 is 0. The summed E-state index contributed by atoms with van der Waals surface area (Å²) in [4.78, 5) is 21.7. The van der Waals surface area contributed by atoms with Crippen LogP contribution in [0, 0.1) is 0 Å². The van der Waals surface area contributed by atoms with Crippen molar-refractivity contribution in [2.45, 2.75) is 19.8 Å². The van der Waals surface area contributed by atoms with Gasteiger partial charge in [0.1, 0.15) is 23.6 Å². The zero-order chi connectivity index (χ0) is 20.8. The van der Waals surface area contributed by atoms with E-state index in [1.54, 1.807) is 37.2 Å². The zero-order valence-electron chi connectivity index (χ0n) is 16.6. The van der Waals surface area contributed by atoms with Crippen molar-refractivity contribution >= 4 is 11.4 Å². The Morgan fingerprint density at radius 3 is 2.77 bits per heavy atom. The maximum absolute atomic E-state index is 12.5. The molecule has 1 aromatic carbocycles. The third kappa shape index (κ3) is 2.68. The summed E-state index contributed by atoms with van der Waals surface area (Å²) in [5.41, 5.74) is 2.43. The van der Waals surface area contributed by atoms with Crippen molar-refractivity contribution in [1.29, 1.82) is 0 Å². The topological polar surface area (TPSA) is 91.8 Å². The Morgan fingerprint density at radius 1 is 1.20 bits per heavy atom. The van der Waals surface area contributed by atoms with E-state index in [4.69, 9.17) is 18.9 Å². The first kappa shape index (κ1) is 18.1. The third-order valence-corrected chi connectivity index (χ3v) is 5.15. The predicted molar refractivity (Wildman–Crippen MR) is 107 cm³/mol. The lowest BCUT2D eigenvalue weighted by atomic mass is 9.85. The number of aromatic nitrogens is 4. The fourth-order valence-electron chi connectivity index (χ4n) is 3.88. The van der Waals surface area contributed by atoms with Crippen LogP contribution in [-0.4, -0.2) is 32.5 Å². The van der Waals surface area contributed by atoms with Crippen molar-refractivity contribution < 1.29 is 18.7 Å². The van der Waals surface area contributed by atoms with Crippen molar-refractivity contribution in [2.75, 3.05) is 7.11 Å². The lowest BCUT2D eigenvalue weighted by Gasteiger charge is -2.26. The standard InChI is InChI=1S/C22H18N4O4/c1-12(27)17-13(2)30-22-19(18(17)16-9-6-10-29-16)21-24-20(25-26(21)11-23-22)14-7-4-5-8-15(14)28-3/h4-11,18H,1-3H3/t18-/m1/s1. The molecule has 3 aromatic heterocycles. The van der Waals surface area contributed by atoms with E-state index in [1.807, 2.05) is 30.3 Å². The second-order valence-electron chi connectivity index (χ2n) is 6.94. The van der Waals surface area contributed by atoms with E-state index >= 15 is 0 Å². The zero-order valence-corrected chi connectivity index (χ0v) is 16.6. The molecule has 0 amide bonds. The van der Waals surface area contributed by atoms with Gasteiger partial charge in [0.15, 0.2) is 17.3 Å². The van der Waals surface area contributed by atoms with Gasteiger partial charge in [-0.25, -0.2) is 14.5 Å². The molecular weight excluding hydrogens is 384 g/mol. The predicted octanol–water partition coefficient (Wildman–Crippen LogP) is 3.78. The van der Waals surface area contributed by atoms with Gasteiger partial charge in [0, 0.05) is 5.57 Å². The van der Waals surface area contributed by atoms with Crippen LogP contribution in [0.4, 0.5) is 0 Å². The number of nitrogens with zero attached hydrogens (tertiary/aromatic N) is 4. The number of benzene rings is 1. The number of hydrogen-bond donors (Lipinski definition) is 0. The van der Waals surface area contributed by atoms with E-state index < -0.39 is 5.92 Å². The molecule has 1 aliphatic heterocycles. The molecule has 30 heavy (non-hydrogen) atoms. The number of carbonyl (C=O) groups is 1. The number of ether oxygens (including phenoxy) is 2. The molecule has 0 unspecified atom stereocenters.